The molecule has 0 aliphatic carbocycles. The van der Waals surface area contributed by atoms with Crippen LogP contribution in [-0.2, 0) is 16.1 Å². The minimum Gasteiger partial charge on any atom is -0.492 e. The highest BCUT2D eigenvalue weighted by Gasteiger charge is 2.39. The zero-order valence-electron chi connectivity index (χ0n) is 17.6. The molecular weight excluding hydrogens is 388 g/mol. The van der Waals surface area contributed by atoms with E-state index >= 15 is 0 Å². The maximum Gasteiger partial charge on any atom is 0.278 e. The van der Waals surface area contributed by atoms with E-state index in [2.05, 4.69) is 5.32 Å². The second-order valence-corrected chi connectivity index (χ2v) is 7.35. The molecule has 0 saturated heterocycles. The summed E-state index contributed by atoms with van der Waals surface area (Å²) in [4.78, 5) is 28.1. The molecule has 156 valence electrons. The first kappa shape index (κ1) is 20.4. The highest BCUT2D eigenvalue weighted by molar-refractivity contribution is 6.36. The lowest BCUT2D eigenvalue weighted by Crippen LogP contribution is -2.32. The van der Waals surface area contributed by atoms with Gasteiger partial charge in [-0.25, -0.2) is 0 Å². The Bertz CT molecular complexity index is 1130. The number of carbonyl (C=O) groups is 2. The Hall–Kier alpha value is -3.86. The molecule has 0 fully saturated rings. The Morgan fingerprint density at radius 2 is 1.52 bits per heavy atom. The van der Waals surface area contributed by atoms with Crippen LogP contribution < -0.4 is 10.1 Å². The van der Waals surface area contributed by atoms with Crippen molar-refractivity contribution >= 4 is 23.1 Å². The maximum atomic E-state index is 13.4. The summed E-state index contributed by atoms with van der Waals surface area (Å²) in [5, 5.41) is 3.19. The second kappa shape index (κ2) is 8.88. The van der Waals surface area contributed by atoms with Crippen LogP contribution in [0, 0.1) is 6.92 Å². The molecule has 0 atom stereocenters. The summed E-state index contributed by atoms with van der Waals surface area (Å²) in [7, 11) is 0. The van der Waals surface area contributed by atoms with Crippen molar-refractivity contribution in [1.29, 1.82) is 0 Å². The van der Waals surface area contributed by atoms with Crippen molar-refractivity contribution in [2.24, 2.45) is 0 Å². The largest absolute Gasteiger partial charge is 0.492 e. The number of anilines is 1. The van der Waals surface area contributed by atoms with Crippen LogP contribution in [0.2, 0.25) is 0 Å². The molecule has 3 aromatic rings. The average Bonchev–Trinajstić information content (AvgIpc) is 3.01. The standard InChI is InChI=1S/C26H24N2O3/c1-3-31-22-12-8-7-11-21(22)27-24-23(20-9-5-4-6-10-20)25(29)28(26(24)30)17-19-15-13-18(2)14-16-19/h4-16,27H,3,17H2,1-2H3. The van der Waals surface area contributed by atoms with E-state index in [-0.39, 0.29) is 24.1 Å². The Morgan fingerprint density at radius 1 is 0.839 bits per heavy atom. The molecule has 1 aliphatic rings. The van der Waals surface area contributed by atoms with E-state index in [0.717, 1.165) is 11.1 Å². The highest BCUT2D eigenvalue weighted by atomic mass is 16.5. The van der Waals surface area contributed by atoms with Gasteiger partial charge in [-0.1, -0.05) is 72.3 Å². The van der Waals surface area contributed by atoms with Crippen molar-refractivity contribution in [3.63, 3.8) is 0 Å². The van der Waals surface area contributed by atoms with Gasteiger partial charge in [-0.3, -0.25) is 14.5 Å². The summed E-state index contributed by atoms with van der Waals surface area (Å²) in [5.41, 5.74) is 3.99. The number of nitrogens with zero attached hydrogens (tertiary/aromatic N) is 1. The molecule has 1 N–H and O–H groups in total. The van der Waals surface area contributed by atoms with Crippen LogP contribution in [-0.4, -0.2) is 23.3 Å². The lowest BCUT2D eigenvalue weighted by atomic mass is 10.0. The molecule has 0 saturated carbocycles. The van der Waals surface area contributed by atoms with Gasteiger partial charge in [0.15, 0.2) is 0 Å². The van der Waals surface area contributed by atoms with Gasteiger partial charge in [-0.05, 0) is 37.1 Å². The summed E-state index contributed by atoms with van der Waals surface area (Å²) >= 11 is 0. The first-order valence-electron chi connectivity index (χ1n) is 10.3. The molecule has 0 aromatic heterocycles. The molecule has 0 spiro atoms. The lowest BCUT2D eigenvalue weighted by Gasteiger charge is -2.16. The summed E-state index contributed by atoms with van der Waals surface area (Å²) in [6.07, 6.45) is 0. The van der Waals surface area contributed by atoms with E-state index in [4.69, 9.17) is 4.74 Å². The zero-order valence-corrected chi connectivity index (χ0v) is 17.6. The van der Waals surface area contributed by atoms with E-state index < -0.39 is 0 Å². The molecule has 4 rings (SSSR count). The highest BCUT2D eigenvalue weighted by Crippen LogP contribution is 2.34. The summed E-state index contributed by atoms with van der Waals surface area (Å²) in [6.45, 7) is 4.62. The van der Waals surface area contributed by atoms with Crippen molar-refractivity contribution in [1.82, 2.24) is 4.90 Å². The fraction of sp³-hybridized carbons (Fsp3) is 0.154. The third kappa shape index (κ3) is 4.21. The van der Waals surface area contributed by atoms with Crippen LogP contribution in [0.5, 0.6) is 5.75 Å². The van der Waals surface area contributed by atoms with E-state index in [1.54, 1.807) is 0 Å². The number of hydrogen-bond donors (Lipinski definition) is 1. The first-order chi connectivity index (χ1) is 15.1. The summed E-state index contributed by atoms with van der Waals surface area (Å²) < 4.78 is 5.69. The van der Waals surface area contributed by atoms with Crippen LogP contribution >= 0.6 is 0 Å². The van der Waals surface area contributed by atoms with Crippen molar-refractivity contribution < 1.29 is 14.3 Å². The molecule has 0 unspecified atom stereocenters. The second-order valence-electron chi connectivity index (χ2n) is 7.35. The molecular formula is C26H24N2O3. The first-order valence-corrected chi connectivity index (χ1v) is 10.3. The Kier molecular flexibility index (Phi) is 5.85. The lowest BCUT2D eigenvalue weighted by molar-refractivity contribution is -0.137. The minimum atomic E-state index is -0.351. The quantitative estimate of drug-likeness (QED) is 0.567. The Morgan fingerprint density at radius 3 is 2.23 bits per heavy atom. The predicted octanol–water partition coefficient (Wildman–Crippen LogP) is 4.79. The van der Waals surface area contributed by atoms with Crippen LogP contribution in [0.1, 0.15) is 23.6 Å². The van der Waals surface area contributed by atoms with Crippen LogP contribution in [0.15, 0.2) is 84.6 Å². The minimum absolute atomic E-state index is 0.215. The third-order valence-corrected chi connectivity index (χ3v) is 5.14. The number of ether oxygens (including phenoxy) is 1. The molecule has 1 aliphatic heterocycles. The number of carbonyl (C=O) groups excluding carboxylic acids is 2. The van der Waals surface area contributed by atoms with Gasteiger partial charge in [-0.2, -0.15) is 0 Å². The summed E-state index contributed by atoms with van der Waals surface area (Å²) in [6, 6.07) is 24.5. The molecule has 5 nitrogen and oxygen atoms in total. The molecule has 5 heteroatoms. The maximum absolute atomic E-state index is 13.4. The summed E-state index contributed by atoms with van der Waals surface area (Å²) in [5.74, 6) is -0.0361. The van der Waals surface area contributed by atoms with Crippen molar-refractivity contribution in [3.8, 4) is 5.75 Å². The number of nitrogens with one attached hydrogen (secondary N) is 1. The number of imide groups is 1. The zero-order chi connectivity index (χ0) is 21.8. The van der Waals surface area contributed by atoms with Crippen LogP contribution in [0.3, 0.4) is 0 Å². The number of rotatable bonds is 7. The van der Waals surface area contributed by atoms with Gasteiger partial charge in [-0.15, -0.1) is 0 Å². The normalized spacial score (nSPS) is 13.7. The van der Waals surface area contributed by atoms with E-state index in [9.17, 15) is 9.59 Å². The van der Waals surface area contributed by atoms with Gasteiger partial charge in [0.2, 0.25) is 0 Å². The van der Waals surface area contributed by atoms with Crippen molar-refractivity contribution in [2.45, 2.75) is 20.4 Å². The third-order valence-electron chi connectivity index (χ3n) is 5.14. The average molecular weight is 412 g/mol. The van der Waals surface area contributed by atoms with E-state index in [1.165, 1.54) is 4.90 Å². The molecule has 2 amide bonds. The molecule has 3 aromatic carbocycles. The van der Waals surface area contributed by atoms with Gasteiger partial charge in [0, 0.05) is 0 Å². The smallest absolute Gasteiger partial charge is 0.278 e. The topological polar surface area (TPSA) is 58.6 Å². The van der Waals surface area contributed by atoms with Crippen LogP contribution in [0.4, 0.5) is 5.69 Å². The number of benzene rings is 3. The van der Waals surface area contributed by atoms with Gasteiger partial charge in [0.05, 0.1) is 24.4 Å². The molecule has 1 heterocycles. The molecule has 0 radical (unpaired) electrons. The Labute approximate surface area is 182 Å². The van der Waals surface area contributed by atoms with E-state index in [1.807, 2.05) is 92.7 Å². The van der Waals surface area contributed by atoms with Gasteiger partial charge >= 0.3 is 0 Å². The van der Waals surface area contributed by atoms with Crippen molar-refractivity contribution in [3.05, 3.63) is 101 Å². The number of hydrogen-bond acceptors (Lipinski definition) is 4. The van der Waals surface area contributed by atoms with Gasteiger partial charge in [0.1, 0.15) is 11.4 Å². The molecule has 31 heavy (non-hydrogen) atoms. The fourth-order valence-corrected chi connectivity index (χ4v) is 3.57. The monoisotopic (exact) mass is 412 g/mol. The predicted molar refractivity (Wildman–Crippen MR) is 121 cm³/mol. The van der Waals surface area contributed by atoms with Crippen molar-refractivity contribution in [2.75, 3.05) is 11.9 Å². The SMILES string of the molecule is CCOc1ccccc1NC1=C(c2ccccc2)C(=O)N(Cc2ccc(C)cc2)C1=O. The van der Waals surface area contributed by atoms with Gasteiger partial charge < -0.3 is 10.1 Å². The van der Waals surface area contributed by atoms with E-state index in [0.29, 0.717) is 29.2 Å². The number of aryl methyl sites for hydroxylation is 1. The van der Waals surface area contributed by atoms with Crippen LogP contribution in [0.25, 0.3) is 5.57 Å². The fourth-order valence-electron chi connectivity index (χ4n) is 3.57. The number of amides is 2. The Balaban J connectivity index is 1.73. The number of para-hydroxylation sites is 2. The van der Waals surface area contributed by atoms with Gasteiger partial charge in [0.25, 0.3) is 11.8 Å². The molecule has 0 bridgehead atoms.